The van der Waals surface area contributed by atoms with Gasteiger partial charge in [0, 0.05) is 19.4 Å². The van der Waals surface area contributed by atoms with E-state index in [1.54, 1.807) is 25.0 Å². The van der Waals surface area contributed by atoms with Crippen LogP contribution in [0.3, 0.4) is 0 Å². The third kappa shape index (κ3) is 2.84. The fraction of sp³-hybridized carbons (Fsp3) is 0.143. The summed E-state index contributed by atoms with van der Waals surface area (Å²) in [5.74, 6) is 1.88. The molecule has 0 aliphatic carbocycles. The van der Waals surface area contributed by atoms with Crippen molar-refractivity contribution in [2.24, 2.45) is 7.05 Å². The van der Waals surface area contributed by atoms with Gasteiger partial charge in [0.25, 0.3) is 5.56 Å². The third-order valence-electron chi connectivity index (χ3n) is 5.01. The van der Waals surface area contributed by atoms with Crippen LogP contribution < -0.4 is 5.56 Å². The molecule has 0 unspecified atom stereocenters. The van der Waals surface area contributed by atoms with Gasteiger partial charge >= 0.3 is 0 Å². The molecule has 144 valence electrons. The van der Waals surface area contributed by atoms with Gasteiger partial charge in [0.15, 0.2) is 5.16 Å². The van der Waals surface area contributed by atoms with Crippen LogP contribution in [0.1, 0.15) is 11.4 Å². The van der Waals surface area contributed by atoms with Crippen LogP contribution in [-0.2, 0) is 12.8 Å². The quantitative estimate of drug-likeness (QED) is 0.431. The minimum atomic E-state index is -0.0743. The smallest absolute Gasteiger partial charge is 0.262 e. The minimum absolute atomic E-state index is 0.0743. The summed E-state index contributed by atoms with van der Waals surface area (Å²) in [4.78, 5) is 17.1. The van der Waals surface area contributed by atoms with E-state index in [0.717, 1.165) is 22.2 Å². The summed E-state index contributed by atoms with van der Waals surface area (Å²) < 4.78 is 5.57. The van der Waals surface area contributed by atoms with E-state index >= 15 is 0 Å². The molecule has 0 aliphatic rings. The summed E-state index contributed by atoms with van der Waals surface area (Å²) >= 11 is 1.59. The highest BCUT2D eigenvalue weighted by molar-refractivity contribution is 7.98. The SMILES string of the molecule is Cc1ccccc1-n1ccnc1SCc1nnc2n(C)c(=O)c3ccccc3n12. The van der Waals surface area contributed by atoms with E-state index in [0.29, 0.717) is 16.9 Å². The number of aromatic nitrogens is 6. The number of fused-ring (bicyclic) bond motifs is 3. The molecule has 0 fully saturated rings. The monoisotopic (exact) mass is 402 g/mol. The largest absolute Gasteiger partial charge is 0.295 e. The Hall–Kier alpha value is -3.39. The van der Waals surface area contributed by atoms with Crippen LogP contribution in [0.15, 0.2) is 70.9 Å². The predicted octanol–water partition coefficient (Wildman–Crippen LogP) is 3.37. The summed E-state index contributed by atoms with van der Waals surface area (Å²) in [5.41, 5.74) is 3.02. The van der Waals surface area contributed by atoms with Crippen LogP contribution >= 0.6 is 11.8 Å². The van der Waals surface area contributed by atoms with Crippen molar-refractivity contribution < 1.29 is 0 Å². The van der Waals surface area contributed by atoms with Crippen molar-refractivity contribution >= 4 is 28.4 Å². The second-order valence-corrected chi connectivity index (χ2v) is 7.73. The van der Waals surface area contributed by atoms with Gasteiger partial charge < -0.3 is 0 Å². The molecular weight excluding hydrogens is 384 g/mol. The normalized spacial score (nSPS) is 11.5. The molecule has 0 saturated heterocycles. The number of rotatable bonds is 4. The molecule has 8 heteroatoms. The van der Waals surface area contributed by atoms with Gasteiger partial charge in [-0.3, -0.25) is 18.3 Å². The average molecular weight is 402 g/mol. The van der Waals surface area contributed by atoms with E-state index in [2.05, 4.69) is 38.8 Å². The molecule has 29 heavy (non-hydrogen) atoms. The molecule has 2 aromatic carbocycles. The van der Waals surface area contributed by atoms with E-state index in [1.165, 1.54) is 10.1 Å². The summed E-state index contributed by atoms with van der Waals surface area (Å²) in [6, 6.07) is 15.8. The second-order valence-electron chi connectivity index (χ2n) is 6.79. The summed E-state index contributed by atoms with van der Waals surface area (Å²) in [6.45, 7) is 2.09. The molecule has 3 aromatic heterocycles. The fourth-order valence-electron chi connectivity index (χ4n) is 3.53. The maximum absolute atomic E-state index is 12.6. The highest BCUT2D eigenvalue weighted by Crippen LogP contribution is 2.26. The lowest BCUT2D eigenvalue weighted by Gasteiger charge is -2.10. The molecular formula is C21H18N6OS. The van der Waals surface area contributed by atoms with E-state index in [4.69, 9.17) is 0 Å². The highest BCUT2D eigenvalue weighted by Gasteiger charge is 2.16. The van der Waals surface area contributed by atoms with Crippen LogP contribution in [0.2, 0.25) is 0 Å². The number of thioether (sulfide) groups is 1. The van der Waals surface area contributed by atoms with Crippen LogP contribution in [-0.4, -0.2) is 28.7 Å². The first-order chi connectivity index (χ1) is 14.1. The molecule has 0 N–H and O–H groups in total. The zero-order chi connectivity index (χ0) is 20.0. The maximum Gasteiger partial charge on any atom is 0.262 e. The second kappa shape index (κ2) is 6.89. The summed E-state index contributed by atoms with van der Waals surface area (Å²) in [7, 11) is 1.72. The van der Waals surface area contributed by atoms with E-state index < -0.39 is 0 Å². The number of hydrogen-bond acceptors (Lipinski definition) is 5. The Morgan fingerprint density at radius 1 is 1.03 bits per heavy atom. The zero-order valence-electron chi connectivity index (χ0n) is 16.0. The number of hydrogen-bond donors (Lipinski definition) is 0. The Kier molecular flexibility index (Phi) is 4.21. The van der Waals surface area contributed by atoms with E-state index in [-0.39, 0.29) is 5.56 Å². The Bertz CT molecular complexity index is 1410. The van der Waals surface area contributed by atoms with Crippen LogP contribution in [0, 0.1) is 6.92 Å². The van der Waals surface area contributed by atoms with Crippen LogP contribution in [0.4, 0.5) is 0 Å². The zero-order valence-corrected chi connectivity index (χ0v) is 16.8. The first-order valence-corrected chi connectivity index (χ1v) is 10.2. The molecule has 7 nitrogen and oxygen atoms in total. The van der Waals surface area contributed by atoms with Gasteiger partial charge in [-0.25, -0.2) is 4.98 Å². The van der Waals surface area contributed by atoms with Crippen molar-refractivity contribution in [2.75, 3.05) is 0 Å². The number of benzene rings is 2. The van der Waals surface area contributed by atoms with Crippen molar-refractivity contribution in [1.82, 2.24) is 28.7 Å². The van der Waals surface area contributed by atoms with Gasteiger partial charge in [-0.1, -0.05) is 42.1 Å². The fourth-order valence-corrected chi connectivity index (χ4v) is 4.41. The van der Waals surface area contributed by atoms with Gasteiger partial charge in [0.1, 0.15) is 5.82 Å². The molecule has 0 saturated carbocycles. The number of para-hydroxylation sites is 2. The van der Waals surface area contributed by atoms with Crippen molar-refractivity contribution in [3.8, 4) is 5.69 Å². The van der Waals surface area contributed by atoms with E-state index in [1.807, 2.05) is 47.0 Å². The van der Waals surface area contributed by atoms with Gasteiger partial charge in [0.2, 0.25) is 5.78 Å². The maximum atomic E-state index is 12.6. The Morgan fingerprint density at radius 2 is 1.83 bits per heavy atom. The molecule has 0 aliphatic heterocycles. The van der Waals surface area contributed by atoms with Crippen molar-refractivity contribution in [3.05, 3.63) is 82.7 Å². The van der Waals surface area contributed by atoms with Crippen LogP contribution in [0.5, 0.6) is 0 Å². The number of nitrogens with zero attached hydrogens (tertiary/aromatic N) is 6. The number of imidazole rings is 1. The number of aryl methyl sites for hydroxylation is 2. The topological polar surface area (TPSA) is 70.0 Å². The lowest BCUT2D eigenvalue weighted by atomic mass is 10.2. The average Bonchev–Trinajstić information content (AvgIpc) is 3.38. The van der Waals surface area contributed by atoms with Gasteiger partial charge in [-0.15, -0.1) is 10.2 Å². The van der Waals surface area contributed by atoms with E-state index in [9.17, 15) is 4.79 Å². The molecule has 0 amide bonds. The lowest BCUT2D eigenvalue weighted by molar-refractivity contribution is 0.857. The molecule has 0 spiro atoms. The lowest BCUT2D eigenvalue weighted by Crippen LogP contribution is -2.20. The minimum Gasteiger partial charge on any atom is -0.295 e. The highest BCUT2D eigenvalue weighted by atomic mass is 32.2. The molecule has 0 radical (unpaired) electrons. The Labute approximate surface area is 170 Å². The van der Waals surface area contributed by atoms with Gasteiger partial charge in [0.05, 0.1) is 22.3 Å². The summed E-state index contributed by atoms with van der Waals surface area (Å²) in [5, 5.41) is 10.1. The van der Waals surface area contributed by atoms with Crippen LogP contribution in [0.25, 0.3) is 22.4 Å². The van der Waals surface area contributed by atoms with Gasteiger partial charge in [-0.05, 0) is 30.7 Å². The molecule has 3 heterocycles. The molecule has 5 aromatic rings. The van der Waals surface area contributed by atoms with Gasteiger partial charge in [-0.2, -0.15) is 0 Å². The Balaban J connectivity index is 1.56. The molecule has 0 atom stereocenters. The third-order valence-corrected chi connectivity index (χ3v) is 5.97. The predicted molar refractivity (Wildman–Crippen MR) is 114 cm³/mol. The van der Waals surface area contributed by atoms with Crippen molar-refractivity contribution in [1.29, 1.82) is 0 Å². The summed E-state index contributed by atoms with van der Waals surface area (Å²) in [6.07, 6.45) is 3.77. The Morgan fingerprint density at radius 3 is 2.69 bits per heavy atom. The first kappa shape index (κ1) is 17.7. The molecule has 0 bridgehead atoms. The first-order valence-electron chi connectivity index (χ1n) is 9.19. The molecule has 5 rings (SSSR count). The van der Waals surface area contributed by atoms with Crippen molar-refractivity contribution in [3.63, 3.8) is 0 Å². The standard InChI is InChI=1S/C21H18N6OS/c1-14-7-3-5-9-16(14)26-12-11-22-21(26)29-13-18-23-24-20-25(2)19(28)15-8-4-6-10-17(15)27(18)20/h3-12H,13H2,1-2H3. The van der Waals surface area contributed by atoms with Crippen molar-refractivity contribution in [2.45, 2.75) is 17.8 Å².